The Balaban J connectivity index is 2.44. The molecule has 1 amide bonds. The molecular weight excluding hydrogens is 370 g/mol. The van der Waals surface area contributed by atoms with Gasteiger partial charge in [-0.2, -0.15) is 0 Å². The Morgan fingerprint density at radius 3 is 2.44 bits per heavy atom. The van der Waals surface area contributed by atoms with Crippen LogP contribution in [0.3, 0.4) is 0 Å². The fraction of sp³-hybridized carbons (Fsp3) is 0.333. The van der Waals surface area contributed by atoms with Crippen LogP contribution in [0.15, 0.2) is 36.7 Å². The number of hydrogen-bond acceptors (Lipinski definition) is 6. The van der Waals surface area contributed by atoms with Crippen molar-refractivity contribution in [3.63, 3.8) is 0 Å². The number of nitrogens with zero attached hydrogens (tertiary/aromatic N) is 2. The summed E-state index contributed by atoms with van der Waals surface area (Å²) in [4.78, 5) is 16.8. The number of sulfonamides is 1. The molecule has 0 saturated heterocycles. The van der Waals surface area contributed by atoms with E-state index in [0.717, 1.165) is 9.87 Å². The highest BCUT2D eigenvalue weighted by Crippen LogP contribution is 2.35. The minimum absolute atomic E-state index is 0.103. The van der Waals surface area contributed by atoms with Crippen molar-refractivity contribution in [3.8, 4) is 11.5 Å². The van der Waals surface area contributed by atoms with Crippen LogP contribution in [0, 0.1) is 0 Å². The van der Waals surface area contributed by atoms with E-state index in [1.807, 2.05) is 6.07 Å². The van der Waals surface area contributed by atoms with E-state index in [0.29, 0.717) is 11.5 Å². The Morgan fingerprint density at radius 1 is 1.22 bits per heavy atom. The number of rotatable bonds is 8. The molecule has 2 rings (SSSR count). The fourth-order valence-corrected chi connectivity index (χ4v) is 3.27. The topological polar surface area (TPSA) is 97.8 Å². The second kappa shape index (κ2) is 8.72. The molecule has 2 aromatic rings. The highest BCUT2D eigenvalue weighted by molar-refractivity contribution is 7.92. The van der Waals surface area contributed by atoms with E-state index in [2.05, 4.69) is 10.3 Å². The number of nitrogens with one attached hydrogen (secondary N) is 1. The molecule has 1 N–H and O–H groups in total. The second-order valence-corrected chi connectivity index (χ2v) is 7.93. The molecule has 0 unspecified atom stereocenters. The number of carbonyl (C=O) groups excluding carboxylic acids is 1. The van der Waals surface area contributed by atoms with Crippen LogP contribution in [-0.4, -0.2) is 46.3 Å². The zero-order chi connectivity index (χ0) is 20.0. The number of amides is 1. The molecule has 0 saturated carbocycles. The lowest BCUT2D eigenvalue weighted by molar-refractivity contribution is 0.0951. The average molecular weight is 393 g/mol. The van der Waals surface area contributed by atoms with Gasteiger partial charge >= 0.3 is 0 Å². The van der Waals surface area contributed by atoms with Crippen LogP contribution in [-0.2, 0) is 16.6 Å². The van der Waals surface area contributed by atoms with Gasteiger partial charge in [0.1, 0.15) is 0 Å². The smallest absolute Gasteiger partial charge is 0.253 e. The highest BCUT2D eigenvalue weighted by atomic mass is 32.2. The zero-order valence-corrected chi connectivity index (χ0v) is 16.5. The van der Waals surface area contributed by atoms with Crippen molar-refractivity contribution in [1.29, 1.82) is 0 Å². The molecule has 0 aliphatic rings. The first kappa shape index (κ1) is 20.5. The summed E-state index contributed by atoms with van der Waals surface area (Å²) in [5.74, 6) is 0.117. The minimum Gasteiger partial charge on any atom is -0.493 e. The number of carbonyl (C=O) groups is 1. The van der Waals surface area contributed by atoms with Crippen molar-refractivity contribution in [2.45, 2.75) is 13.5 Å². The van der Waals surface area contributed by atoms with Gasteiger partial charge in [-0.3, -0.25) is 14.1 Å². The zero-order valence-electron chi connectivity index (χ0n) is 15.7. The van der Waals surface area contributed by atoms with Crippen molar-refractivity contribution < 1.29 is 22.7 Å². The summed E-state index contributed by atoms with van der Waals surface area (Å²) in [5, 5.41) is 2.77. The molecule has 27 heavy (non-hydrogen) atoms. The van der Waals surface area contributed by atoms with Gasteiger partial charge in [-0.1, -0.05) is 6.07 Å². The number of ether oxygens (including phenoxy) is 2. The van der Waals surface area contributed by atoms with Gasteiger partial charge in [0, 0.05) is 32.1 Å². The summed E-state index contributed by atoms with van der Waals surface area (Å²) in [6.45, 7) is 1.79. The predicted molar refractivity (Wildman–Crippen MR) is 103 cm³/mol. The molecule has 0 radical (unpaired) electrons. The van der Waals surface area contributed by atoms with Crippen molar-refractivity contribution >= 4 is 21.6 Å². The fourth-order valence-electron chi connectivity index (χ4n) is 2.43. The van der Waals surface area contributed by atoms with Crippen LogP contribution in [0.1, 0.15) is 22.8 Å². The summed E-state index contributed by atoms with van der Waals surface area (Å²) < 4.78 is 36.2. The SMILES string of the molecule is CCS(=O)(=O)N(C)c1cc(OC)c(OC)cc1C(=O)NCc1cccnc1. The average Bonchev–Trinajstić information content (AvgIpc) is 2.71. The predicted octanol–water partition coefficient (Wildman–Crippen LogP) is 1.81. The molecule has 0 bridgehead atoms. The van der Waals surface area contributed by atoms with E-state index in [-0.39, 0.29) is 23.5 Å². The number of pyridine rings is 1. The normalized spacial score (nSPS) is 11.0. The Labute approximate surface area is 159 Å². The molecule has 146 valence electrons. The van der Waals surface area contributed by atoms with Crippen LogP contribution in [0.4, 0.5) is 5.69 Å². The van der Waals surface area contributed by atoms with Gasteiger partial charge in [0.25, 0.3) is 5.91 Å². The third kappa shape index (κ3) is 4.68. The first-order chi connectivity index (χ1) is 12.8. The summed E-state index contributed by atoms with van der Waals surface area (Å²) in [5.41, 5.74) is 1.19. The van der Waals surface area contributed by atoms with E-state index in [1.54, 1.807) is 18.5 Å². The Kier molecular flexibility index (Phi) is 6.62. The first-order valence-electron chi connectivity index (χ1n) is 8.23. The first-order valence-corrected chi connectivity index (χ1v) is 9.84. The lowest BCUT2D eigenvalue weighted by Crippen LogP contribution is -2.31. The van der Waals surface area contributed by atoms with Crippen LogP contribution in [0.2, 0.25) is 0 Å². The summed E-state index contributed by atoms with van der Waals surface area (Å²) >= 11 is 0. The van der Waals surface area contributed by atoms with Crippen molar-refractivity contribution in [2.24, 2.45) is 0 Å². The molecule has 0 aliphatic heterocycles. The van der Waals surface area contributed by atoms with E-state index >= 15 is 0 Å². The number of methoxy groups -OCH3 is 2. The Bertz CT molecular complexity index is 901. The minimum atomic E-state index is -3.57. The lowest BCUT2D eigenvalue weighted by Gasteiger charge is -2.23. The van der Waals surface area contributed by atoms with E-state index in [9.17, 15) is 13.2 Å². The van der Waals surface area contributed by atoms with Crippen molar-refractivity contribution in [2.75, 3.05) is 31.3 Å². The number of benzene rings is 1. The molecule has 1 aromatic heterocycles. The second-order valence-electron chi connectivity index (χ2n) is 5.64. The number of anilines is 1. The van der Waals surface area contributed by atoms with Gasteiger partial charge in [0.05, 0.1) is 31.2 Å². The Morgan fingerprint density at radius 2 is 1.89 bits per heavy atom. The maximum Gasteiger partial charge on any atom is 0.253 e. The van der Waals surface area contributed by atoms with Crippen molar-refractivity contribution in [1.82, 2.24) is 10.3 Å². The molecule has 1 aromatic carbocycles. The van der Waals surface area contributed by atoms with E-state index in [1.165, 1.54) is 40.3 Å². The van der Waals surface area contributed by atoms with Crippen LogP contribution in [0.25, 0.3) is 0 Å². The monoisotopic (exact) mass is 393 g/mol. The summed E-state index contributed by atoms with van der Waals surface area (Å²) in [7, 11) is 0.717. The number of hydrogen-bond donors (Lipinski definition) is 1. The number of aromatic nitrogens is 1. The maximum atomic E-state index is 12.8. The van der Waals surface area contributed by atoms with Gasteiger partial charge in [0.15, 0.2) is 11.5 Å². The molecule has 8 nitrogen and oxygen atoms in total. The molecule has 0 spiro atoms. The van der Waals surface area contributed by atoms with Gasteiger partial charge < -0.3 is 14.8 Å². The van der Waals surface area contributed by atoms with Gasteiger partial charge in [-0.05, 0) is 24.6 Å². The molecule has 9 heteroatoms. The summed E-state index contributed by atoms with van der Waals surface area (Å²) in [6.07, 6.45) is 3.28. The summed E-state index contributed by atoms with van der Waals surface area (Å²) in [6, 6.07) is 6.54. The largest absolute Gasteiger partial charge is 0.493 e. The molecule has 0 fully saturated rings. The Hall–Kier alpha value is -2.81. The lowest BCUT2D eigenvalue weighted by atomic mass is 10.1. The maximum absolute atomic E-state index is 12.8. The molecular formula is C18H23N3O5S. The quantitative estimate of drug-likeness (QED) is 0.735. The third-order valence-electron chi connectivity index (χ3n) is 4.04. The van der Waals surface area contributed by atoms with Gasteiger partial charge in [-0.25, -0.2) is 8.42 Å². The van der Waals surface area contributed by atoms with E-state index in [4.69, 9.17) is 9.47 Å². The van der Waals surface area contributed by atoms with Gasteiger partial charge in [-0.15, -0.1) is 0 Å². The third-order valence-corrected chi connectivity index (χ3v) is 5.80. The van der Waals surface area contributed by atoms with Crippen LogP contribution < -0.4 is 19.1 Å². The standard InChI is InChI=1S/C18H23N3O5S/c1-5-27(23,24)21(2)15-10-17(26-4)16(25-3)9-14(15)18(22)20-12-13-7-6-8-19-11-13/h6-11H,5,12H2,1-4H3,(H,20,22). The van der Waals surface area contributed by atoms with Crippen LogP contribution in [0.5, 0.6) is 11.5 Å². The van der Waals surface area contributed by atoms with Gasteiger partial charge in [0.2, 0.25) is 10.0 Å². The van der Waals surface area contributed by atoms with Crippen LogP contribution >= 0.6 is 0 Å². The molecule has 0 atom stereocenters. The van der Waals surface area contributed by atoms with E-state index < -0.39 is 15.9 Å². The molecule has 1 heterocycles. The van der Waals surface area contributed by atoms with Crippen molar-refractivity contribution in [3.05, 3.63) is 47.8 Å². The highest BCUT2D eigenvalue weighted by Gasteiger charge is 2.25. The molecule has 0 aliphatic carbocycles.